The fraction of sp³-hybridized carbons (Fsp3) is 0.480. The smallest absolute Gasteiger partial charge is 0.401 e. The molecule has 0 fully saturated rings. The number of ether oxygens (including phenoxy) is 1. The number of hydrogen-bond donors (Lipinski definition) is 1. The highest BCUT2D eigenvalue weighted by molar-refractivity contribution is 5.79. The summed E-state index contributed by atoms with van der Waals surface area (Å²) in [6.45, 7) is 0.533. The lowest BCUT2D eigenvalue weighted by Gasteiger charge is -2.42. The summed E-state index contributed by atoms with van der Waals surface area (Å²) in [6, 6.07) is 5.60. The Morgan fingerprint density at radius 2 is 1.94 bits per heavy atom. The lowest BCUT2D eigenvalue weighted by atomic mass is 9.85. The first-order valence-electron chi connectivity index (χ1n) is 11.6. The number of fused-ring (bicyclic) bond motifs is 2. The van der Waals surface area contributed by atoms with Crippen molar-refractivity contribution in [3.8, 4) is 5.88 Å². The molecule has 4 nitrogen and oxygen atoms in total. The summed E-state index contributed by atoms with van der Waals surface area (Å²) in [5, 5.41) is 2.91. The molecule has 0 radical (unpaired) electrons. The van der Waals surface area contributed by atoms with Crippen LogP contribution in [0, 0.1) is 11.6 Å². The molecule has 0 amide bonds. The highest BCUT2D eigenvalue weighted by atomic mass is 19.4. The van der Waals surface area contributed by atoms with Crippen LogP contribution in [0.2, 0.25) is 0 Å². The van der Waals surface area contributed by atoms with E-state index in [0.29, 0.717) is 31.4 Å². The van der Waals surface area contributed by atoms with Gasteiger partial charge in [-0.3, -0.25) is 9.29 Å². The number of benzene rings is 1. The van der Waals surface area contributed by atoms with Crippen molar-refractivity contribution in [2.24, 2.45) is 0 Å². The van der Waals surface area contributed by atoms with Crippen molar-refractivity contribution in [3.05, 3.63) is 64.4 Å². The van der Waals surface area contributed by atoms with Crippen molar-refractivity contribution in [2.75, 3.05) is 32.9 Å². The number of alkyl halides is 4. The fourth-order valence-corrected chi connectivity index (χ4v) is 4.97. The van der Waals surface area contributed by atoms with Crippen LogP contribution in [0.1, 0.15) is 42.5 Å². The van der Waals surface area contributed by atoms with Crippen molar-refractivity contribution in [1.82, 2.24) is 15.2 Å². The van der Waals surface area contributed by atoms with Gasteiger partial charge in [-0.15, -0.1) is 0 Å². The van der Waals surface area contributed by atoms with E-state index in [9.17, 15) is 17.6 Å². The molecule has 0 saturated carbocycles. The van der Waals surface area contributed by atoms with Gasteiger partial charge in [0.15, 0.2) is 5.82 Å². The van der Waals surface area contributed by atoms with Crippen LogP contribution in [0.15, 0.2) is 36.0 Å². The fourth-order valence-electron chi connectivity index (χ4n) is 4.97. The maximum Gasteiger partial charge on any atom is 0.401 e. The Bertz CT molecular complexity index is 1090. The van der Waals surface area contributed by atoms with E-state index in [-0.39, 0.29) is 13.2 Å². The summed E-state index contributed by atoms with van der Waals surface area (Å²) in [4.78, 5) is 4.81. The molecule has 35 heavy (non-hydrogen) atoms. The van der Waals surface area contributed by atoms with Crippen LogP contribution in [0.3, 0.4) is 0 Å². The van der Waals surface area contributed by atoms with Gasteiger partial charge in [-0.05, 0) is 55.0 Å². The summed E-state index contributed by atoms with van der Waals surface area (Å²) >= 11 is 0. The molecule has 2 aliphatic rings. The van der Waals surface area contributed by atoms with Crippen molar-refractivity contribution < 1.29 is 31.1 Å². The Morgan fingerprint density at radius 1 is 1.17 bits per heavy atom. The third kappa shape index (κ3) is 5.48. The Morgan fingerprint density at radius 3 is 2.69 bits per heavy atom. The molecule has 1 aromatic heterocycles. The van der Waals surface area contributed by atoms with Gasteiger partial charge in [0.25, 0.3) is 5.88 Å². The van der Waals surface area contributed by atoms with Crippen LogP contribution >= 0.6 is 0 Å². The van der Waals surface area contributed by atoms with Crippen LogP contribution in [0.4, 0.5) is 26.3 Å². The van der Waals surface area contributed by atoms with E-state index >= 15 is 8.78 Å². The van der Waals surface area contributed by atoms with Crippen molar-refractivity contribution in [1.29, 1.82) is 0 Å². The number of rotatable bonds is 9. The minimum absolute atomic E-state index is 0.0198. The topological polar surface area (TPSA) is 37.4 Å². The van der Waals surface area contributed by atoms with E-state index < -0.39 is 54.6 Å². The van der Waals surface area contributed by atoms with Gasteiger partial charge in [0, 0.05) is 12.6 Å². The summed E-state index contributed by atoms with van der Waals surface area (Å²) in [6.07, 6.45) is -2.78. The third-order valence-corrected chi connectivity index (χ3v) is 6.46. The molecular weight excluding hydrogens is 472 g/mol. The molecule has 2 atom stereocenters. The Hall–Kier alpha value is -2.59. The van der Waals surface area contributed by atoms with Crippen molar-refractivity contribution in [3.63, 3.8) is 0 Å². The number of nitrogens with zero attached hydrogens (tertiary/aromatic N) is 2. The number of halogens is 6. The summed E-state index contributed by atoms with van der Waals surface area (Å²) in [5.74, 6) is -2.61. The molecule has 10 heteroatoms. The molecule has 190 valence electrons. The second kappa shape index (κ2) is 10.6. The van der Waals surface area contributed by atoms with E-state index in [2.05, 4.69) is 10.3 Å². The van der Waals surface area contributed by atoms with Gasteiger partial charge >= 0.3 is 6.18 Å². The lowest BCUT2D eigenvalue weighted by Crippen LogP contribution is -2.46. The van der Waals surface area contributed by atoms with Gasteiger partial charge in [-0.1, -0.05) is 24.3 Å². The molecule has 0 saturated heterocycles. The zero-order valence-electron chi connectivity index (χ0n) is 19.3. The molecule has 0 bridgehead atoms. The lowest BCUT2D eigenvalue weighted by molar-refractivity contribution is -0.155. The summed E-state index contributed by atoms with van der Waals surface area (Å²) in [5.41, 5.74) is 2.76. The average Bonchev–Trinajstić information content (AvgIpc) is 3.16. The van der Waals surface area contributed by atoms with Crippen LogP contribution < -0.4 is 10.1 Å². The molecule has 0 unspecified atom stereocenters. The van der Waals surface area contributed by atoms with E-state index in [0.717, 1.165) is 27.8 Å². The van der Waals surface area contributed by atoms with Gasteiger partial charge in [0.2, 0.25) is 0 Å². The second-order valence-electron chi connectivity index (χ2n) is 8.86. The number of nitrogens with one attached hydrogen (secondary N) is 1. The second-order valence-corrected chi connectivity index (χ2v) is 8.86. The normalized spacial score (nSPS) is 20.2. The first-order chi connectivity index (χ1) is 16.7. The monoisotopic (exact) mass is 499 g/mol. The third-order valence-electron chi connectivity index (χ3n) is 6.46. The zero-order chi connectivity index (χ0) is 25.2. The van der Waals surface area contributed by atoms with Crippen LogP contribution in [0.25, 0.3) is 5.57 Å². The van der Waals surface area contributed by atoms with Gasteiger partial charge in [0.05, 0.1) is 31.0 Å². The zero-order valence-corrected chi connectivity index (χ0v) is 19.3. The van der Waals surface area contributed by atoms with E-state index in [1.165, 1.54) is 0 Å². The molecule has 1 aliphatic heterocycles. The van der Waals surface area contributed by atoms with Gasteiger partial charge in [0.1, 0.15) is 12.4 Å². The summed E-state index contributed by atoms with van der Waals surface area (Å²) < 4.78 is 89.0. The highest BCUT2D eigenvalue weighted by Gasteiger charge is 2.45. The van der Waals surface area contributed by atoms with Gasteiger partial charge in [-0.2, -0.15) is 13.2 Å². The minimum atomic E-state index is -4.55. The van der Waals surface area contributed by atoms with Crippen LogP contribution in [-0.2, 0) is 6.42 Å². The summed E-state index contributed by atoms with van der Waals surface area (Å²) in [7, 11) is 0. The molecule has 2 heterocycles. The van der Waals surface area contributed by atoms with Crippen LogP contribution in [0.5, 0.6) is 5.88 Å². The highest BCUT2D eigenvalue weighted by Crippen LogP contribution is 2.50. The average molecular weight is 499 g/mol. The first-order valence-corrected chi connectivity index (χ1v) is 11.6. The quantitative estimate of drug-likeness (QED) is 0.371. The van der Waals surface area contributed by atoms with Gasteiger partial charge in [-0.25, -0.2) is 13.8 Å². The Kier molecular flexibility index (Phi) is 7.70. The Balaban J connectivity index is 1.71. The van der Waals surface area contributed by atoms with Gasteiger partial charge < -0.3 is 10.1 Å². The Labute approximate surface area is 200 Å². The molecule has 2 aromatic rings. The van der Waals surface area contributed by atoms with Crippen molar-refractivity contribution >= 4 is 5.57 Å². The predicted octanol–water partition coefficient (Wildman–Crippen LogP) is 5.40. The molecule has 4 rings (SSSR count). The number of aromatic nitrogens is 1. The standard InChI is InChI=1S/C25H27F6N3O/c1-15-11-18-17-6-3-2-5-16(17)12-19(18)23(34(15)14-25(29,30)31)21-20(27)13-33-24(22(21)28)35-10-9-32-8-4-7-26/h2-3,5-6,13,15,23,32H,4,7-12,14H2,1H3/t15-,23+/m1/s1. The maximum atomic E-state index is 15.6. The molecule has 1 aliphatic carbocycles. The maximum absolute atomic E-state index is 15.6. The molecule has 0 spiro atoms. The largest absolute Gasteiger partial charge is 0.474 e. The first kappa shape index (κ1) is 25.5. The minimum Gasteiger partial charge on any atom is -0.474 e. The van der Waals surface area contributed by atoms with Crippen molar-refractivity contribution in [2.45, 2.75) is 44.4 Å². The van der Waals surface area contributed by atoms with E-state index in [4.69, 9.17) is 4.74 Å². The molecule has 1 N–H and O–H groups in total. The predicted molar refractivity (Wildman–Crippen MR) is 120 cm³/mol. The van der Waals surface area contributed by atoms with E-state index in [1.54, 1.807) is 6.92 Å². The van der Waals surface area contributed by atoms with Crippen LogP contribution in [-0.4, -0.2) is 55.0 Å². The SMILES string of the molecule is C[C@@H]1CC2=C(Cc3ccccc32)[C@@H](c2c(F)cnc(OCCNCCCF)c2F)N1CC(F)(F)F. The van der Waals surface area contributed by atoms with E-state index in [1.807, 2.05) is 24.3 Å². The molecule has 1 aromatic carbocycles. The number of pyridine rings is 1. The molecular formula is C25H27F6N3O. The number of hydrogen-bond acceptors (Lipinski definition) is 4.